The van der Waals surface area contributed by atoms with Gasteiger partial charge in [0.15, 0.2) is 0 Å². The summed E-state index contributed by atoms with van der Waals surface area (Å²) < 4.78 is 69.2. The van der Waals surface area contributed by atoms with E-state index in [1.165, 1.54) is 18.2 Å². The van der Waals surface area contributed by atoms with E-state index >= 15 is 0 Å². The first-order valence-electron chi connectivity index (χ1n) is 34.1. The van der Waals surface area contributed by atoms with Crippen LogP contribution < -0.4 is 46.7 Å². The van der Waals surface area contributed by atoms with Gasteiger partial charge in [0.2, 0.25) is 17.7 Å². The molecule has 11 rings (SSSR count). The molecule has 10 N–H and O–H groups in total. The predicted octanol–water partition coefficient (Wildman–Crippen LogP) is 6.63. The van der Waals surface area contributed by atoms with E-state index in [2.05, 4.69) is 59.8 Å². The number of hydrogen-bond donors (Lipinski definition) is 10. The Labute approximate surface area is 551 Å². The first-order valence-corrected chi connectivity index (χ1v) is 37.0. The van der Waals surface area contributed by atoms with Crippen LogP contribution in [-0.4, -0.2) is 148 Å². The number of anilines is 2. The summed E-state index contributed by atoms with van der Waals surface area (Å²) in [6, 6.07) is 9.77. The molecule has 0 aromatic heterocycles. The van der Waals surface area contributed by atoms with E-state index in [0.717, 1.165) is 135 Å². The van der Waals surface area contributed by atoms with Crippen LogP contribution in [0.1, 0.15) is 161 Å². The van der Waals surface area contributed by atoms with Crippen molar-refractivity contribution in [3.63, 3.8) is 0 Å². The molecule has 4 unspecified atom stereocenters. The maximum absolute atomic E-state index is 14.1. The Morgan fingerprint density at radius 3 is 2.06 bits per heavy atom. The molecule has 0 bridgehead atoms. The van der Waals surface area contributed by atoms with Gasteiger partial charge in [0.25, 0.3) is 31.9 Å². The zero-order valence-corrected chi connectivity index (χ0v) is 55.2. The van der Waals surface area contributed by atoms with Gasteiger partial charge in [0.1, 0.15) is 51.2 Å². The monoisotopic (exact) mass is 1340 g/mol. The Balaban J connectivity index is 0.000000205. The van der Waals surface area contributed by atoms with Crippen molar-refractivity contribution in [3.05, 3.63) is 73.8 Å². The SMILES string of the molecule is C=C[C@@H]1C[C@@]12NC(=O)[C@@H]1C3CC3CN1C(=O)[C@@H](NC(=O)OC1CCCC1)CCCCCCCCNc1ccccc1S(=O)(=O)NC2=O.C=C[C@@H]1C[C@]1(NC(=O)[C@H]1NCC2CC21)C(=O)NS(=O)(=O)c1ccccc1NCCCCCCC[C@H](NC(=O)OC1CCCC1)C(=O)O. The summed E-state index contributed by atoms with van der Waals surface area (Å²) in [5.41, 5.74) is -2.09. The Hall–Kier alpha value is -7.26. The van der Waals surface area contributed by atoms with Crippen LogP contribution in [0.2, 0.25) is 0 Å². The van der Waals surface area contributed by atoms with Crippen molar-refractivity contribution in [1.29, 1.82) is 0 Å². The van der Waals surface area contributed by atoms with E-state index in [9.17, 15) is 60.3 Å². The van der Waals surface area contributed by atoms with Crippen molar-refractivity contribution < 1.29 is 69.8 Å². The van der Waals surface area contributed by atoms with Crippen molar-refractivity contribution in [3.8, 4) is 0 Å². The summed E-state index contributed by atoms with van der Waals surface area (Å²) in [5.74, 6) is -3.79. The van der Waals surface area contributed by atoms with Gasteiger partial charge in [-0.05, 0) is 157 Å². The number of carbonyl (C=O) groups excluding carboxylic acids is 7. The van der Waals surface area contributed by atoms with Gasteiger partial charge in [-0.1, -0.05) is 94.2 Å². The molecule has 27 heteroatoms. The van der Waals surface area contributed by atoms with E-state index in [1.54, 1.807) is 47.4 Å². The van der Waals surface area contributed by atoms with Gasteiger partial charge in [0, 0.05) is 31.5 Å². The van der Waals surface area contributed by atoms with Crippen LogP contribution in [0.15, 0.2) is 83.6 Å². The smallest absolute Gasteiger partial charge is 0.408 e. The van der Waals surface area contributed by atoms with E-state index in [-0.39, 0.29) is 76.4 Å². The summed E-state index contributed by atoms with van der Waals surface area (Å²) in [4.78, 5) is 106. The molecule has 2 saturated heterocycles. The fourth-order valence-corrected chi connectivity index (χ4v) is 17.0. The number of sulfonamides is 2. The molecule has 12 atom stereocenters. The summed E-state index contributed by atoms with van der Waals surface area (Å²) in [7, 11) is -8.54. The second-order valence-corrected chi connectivity index (χ2v) is 30.5. The third-order valence-corrected chi connectivity index (χ3v) is 23.2. The summed E-state index contributed by atoms with van der Waals surface area (Å²) in [6.45, 7) is 9.76. The Bertz CT molecular complexity index is 3380. The van der Waals surface area contributed by atoms with Crippen molar-refractivity contribution in [1.82, 2.24) is 40.9 Å². The molecular weight excluding hydrogens is 1250 g/mol. The fraction of sp³-hybridized carbons (Fsp3) is 0.642. The first kappa shape index (κ1) is 69.6. The highest BCUT2D eigenvalue weighted by Gasteiger charge is 2.65. The number of carboxylic acids is 1. The van der Waals surface area contributed by atoms with E-state index in [0.29, 0.717) is 56.2 Å². The number of amides is 7. The Morgan fingerprint density at radius 2 is 1.39 bits per heavy atom. The van der Waals surface area contributed by atoms with Gasteiger partial charge < -0.3 is 56.7 Å². The van der Waals surface area contributed by atoms with Crippen molar-refractivity contribution in [2.45, 2.75) is 218 Å². The molecule has 8 fully saturated rings. The number of hydrogen-bond acceptors (Lipinski definition) is 17. The molecule has 25 nitrogen and oxygen atoms in total. The maximum atomic E-state index is 14.1. The van der Waals surface area contributed by atoms with Crippen LogP contribution in [0.5, 0.6) is 0 Å². The van der Waals surface area contributed by atoms with Gasteiger partial charge in [-0.15, -0.1) is 13.2 Å². The molecular formula is C67H94N10O15S2. The highest BCUT2D eigenvalue weighted by molar-refractivity contribution is 7.90. The number of rotatable bonds is 21. The lowest BCUT2D eigenvalue weighted by atomic mass is 10.0. The predicted molar refractivity (Wildman–Crippen MR) is 348 cm³/mol. The van der Waals surface area contributed by atoms with Crippen LogP contribution in [-0.2, 0) is 58.3 Å². The number of benzene rings is 2. The van der Waals surface area contributed by atoms with Crippen LogP contribution in [0.3, 0.4) is 0 Å². The third kappa shape index (κ3) is 17.0. The molecule has 94 heavy (non-hydrogen) atoms. The average molecular weight is 1340 g/mol. The number of para-hydroxylation sites is 2. The van der Waals surface area contributed by atoms with Crippen LogP contribution >= 0.6 is 0 Å². The molecule has 6 saturated carbocycles. The Kier molecular flexibility index (Phi) is 22.7. The van der Waals surface area contributed by atoms with Crippen LogP contribution in [0, 0.1) is 35.5 Å². The molecule has 0 radical (unpaired) electrons. The zero-order valence-electron chi connectivity index (χ0n) is 53.5. The average Bonchev–Trinajstić information content (AvgIpc) is 1.56. The number of carboxylic acid groups (broad SMARTS) is 1. The topological polar surface area (TPSA) is 355 Å². The van der Waals surface area contributed by atoms with E-state index < -0.39 is 91.0 Å². The Morgan fingerprint density at radius 1 is 0.755 bits per heavy atom. The maximum Gasteiger partial charge on any atom is 0.408 e. The minimum atomic E-state index is -4.29. The largest absolute Gasteiger partial charge is 0.480 e. The molecule has 1 spiro atoms. The summed E-state index contributed by atoms with van der Waals surface area (Å²) in [5, 5.41) is 30.0. The van der Waals surface area contributed by atoms with Crippen LogP contribution in [0.4, 0.5) is 21.0 Å². The van der Waals surface area contributed by atoms with E-state index in [4.69, 9.17) is 9.47 Å². The van der Waals surface area contributed by atoms with Crippen molar-refractivity contribution in [2.75, 3.05) is 36.8 Å². The second kappa shape index (κ2) is 30.6. The number of alkyl carbamates (subject to hydrolysis) is 2. The molecule has 9 aliphatic rings. The van der Waals surface area contributed by atoms with Gasteiger partial charge in [-0.3, -0.25) is 24.0 Å². The highest BCUT2D eigenvalue weighted by Crippen LogP contribution is 2.52. The number of carbonyl (C=O) groups is 8. The number of ether oxygens (including phenoxy) is 2. The number of unbranched alkanes of at least 4 members (excludes halogenated alkanes) is 4. The summed E-state index contributed by atoms with van der Waals surface area (Å²) in [6.07, 6.45) is 20.9. The van der Waals surface area contributed by atoms with Crippen LogP contribution in [0.25, 0.3) is 0 Å². The molecule has 3 heterocycles. The number of aliphatic carboxylic acids is 1. The summed E-state index contributed by atoms with van der Waals surface area (Å²) >= 11 is 0. The second-order valence-electron chi connectivity index (χ2n) is 27.2. The standard InChI is InChI=1S/C34H47N5O7S.C33H47N5O8S/c1-2-23-20-34(23)32(42)38-47(44,45)28-17-11-10-15-26(28)35-18-12-6-4-3-5-7-16-27(36-33(43)46-24-13-8-9-14-24)31(41)39-21-22-19-25(22)29(39)30(40)37-34;1-2-22-19-33(22,37-29(39)28-24-18-21(24)20-35-28)31(42)38-47(44,45)27-16-10-9-14-25(27)34-17-11-5-3-4-6-15-26(30(40)41)36-32(43)46-23-12-7-8-13-23/h2,10-11,15,17,22-25,27,29,35H,1,3-9,12-14,16,18-21H2,(H,36,43)(H,37,40)(H,38,42);2,9-10,14,16,21-24,26,28,34-35H,1,3-8,11-13,15,17-20H2,(H,36,43)(H,37,39)(H,38,42)(H,40,41)/t22?,23-,25?,27+,29+,34-;21?,22-,24?,26+,28+,33-/m11/s1. The van der Waals surface area contributed by atoms with E-state index in [1.807, 2.05) is 0 Å². The zero-order chi connectivity index (χ0) is 66.8. The molecule has 2 aromatic rings. The molecule has 6 aliphatic carbocycles. The fourth-order valence-electron chi connectivity index (χ4n) is 14.6. The minimum Gasteiger partial charge on any atom is -0.480 e. The molecule has 2 aromatic carbocycles. The van der Waals surface area contributed by atoms with Gasteiger partial charge in [0.05, 0.1) is 17.4 Å². The lowest BCUT2D eigenvalue weighted by Gasteiger charge is -2.32. The number of fused-ring (bicyclic) bond motifs is 5. The van der Waals surface area contributed by atoms with Gasteiger partial charge in [-0.2, -0.15) is 0 Å². The quantitative estimate of drug-likeness (QED) is 0.0463. The number of piperidine rings is 2. The minimum absolute atomic E-state index is 0.0464. The normalized spacial score (nSPS) is 30.0. The number of nitrogens with one attached hydrogen (secondary N) is 9. The van der Waals surface area contributed by atoms with Crippen molar-refractivity contribution >= 4 is 79.1 Å². The van der Waals surface area contributed by atoms with Crippen molar-refractivity contribution in [2.24, 2.45) is 35.5 Å². The first-order chi connectivity index (χ1) is 45.2. The number of nitrogens with zero attached hydrogens (tertiary/aromatic N) is 1. The third-order valence-electron chi connectivity index (χ3n) is 20.5. The lowest BCUT2D eigenvalue weighted by molar-refractivity contribution is -0.142. The molecule has 3 aliphatic heterocycles. The molecule has 514 valence electrons. The van der Waals surface area contributed by atoms with Gasteiger partial charge in [-0.25, -0.2) is 40.7 Å². The lowest BCUT2D eigenvalue weighted by Crippen LogP contribution is -2.59. The van der Waals surface area contributed by atoms with Gasteiger partial charge >= 0.3 is 18.2 Å². The molecule has 7 amide bonds. The highest BCUT2D eigenvalue weighted by atomic mass is 32.2.